The van der Waals surface area contributed by atoms with E-state index in [0.29, 0.717) is 0 Å². The zero-order valence-corrected chi connectivity index (χ0v) is 24.7. The molecule has 0 atom stereocenters. The fourth-order valence-electron chi connectivity index (χ4n) is 7.70. The summed E-state index contributed by atoms with van der Waals surface area (Å²) < 4.78 is 0. The van der Waals surface area contributed by atoms with Gasteiger partial charge in [0, 0.05) is 5.02 Å². The number of fused-ring (bicyclic) bond motifs is 10. The fourth-order valence-corrected chi connectivity index (χ4v) is 7.89. The molecule has 0 fully saturated rings. The molecule has 0 nitrogen and oxygen atoms in total. The standard InChI is InChI=1S/C43H27Cl/c44-34-15-9-14-32(26-34)30-12-7-10-28(24-30)29-11-8-13-31(25-29)33-22-23-38-37-18-3-6-21-41(37)43(42(38)27-33)39-19-4-1-16-35(39)36-17-2-5-20-40(36)43/h1-27H. The molecule has 1 heteroatoms. The molecule has 0 heterocycles. The zero-order valence-electron chi connectivity index (χ0n) is 24.0. The van der Waals surface area contributed by atoms with E-state index in [-0.39, 0.29) is 5.41 Å². The van der Waals surface area contributed by atoms with Gasteiger partial charge in [-0.1, -0.05) is 145 Å². The summed E-state index contributed by atoms with van der Waals surface area (Å²) in [6, 6.07) is 59.7. The molecule has 0 unspecified atom stereocenters. The Bertz CT molecular complexity index is 2190. The predicted octanol–water partition coefficient (Wildman–Crippen LogP) is 11.7. The van der Waals surface area contributed by atoms with Crippen molar-refractivity contribution in [3.05, 3.63) is 191 Å². The molecule has 0 bridgehead atoms. The summed E-state index contributed by atoms with van der Waals surface area (Å²) in [4.78, 5) is 0. The van der Waals surface area contributed by atoms with Crippen LogP contribution in [0.4, 0.5) is 0 Å². The summed E-state index contributed by atoms with van der Waals surface area (Å²) in [5, 5.41) is 0.749. The fraction of sp³-hybridized carbons (Fsp3) is 0.0233. The lowest BCUT2D eigenvalue weighted by molar-refractivity contribution is 0.794. The number of halogens is 1. The molecular weight excluding hydrogens is 552 g/mol. The molecule has 7 aromatic rings. The minimum absolute atomic E-state index is 0.335. The molecule has 0 amide bonds. The molecule has 0 radical (unpaired) electrons. The summed E-state index contributed by atoms with van der Waals surface area (Å²) in [5.74, 6) is 0. The average molecular weight is 579 g/mol. The second-order valence-corrected chi connectivity index (χ2v) is 12.3. The van der Waals surface area contributed by atoms with Crippen molar-refractivity contribution in [1.29, 1.82) is 0 Å². The molecule has 1 spiro atoms. The first-order chi connectivity index (χ1) is 21.7. The highest BCUT2D eigenvalue weighted by molar-refractivity contribution is 6.30. The van der Waals surface area contributed by atoms with Crippen LogP contribution in [0.5, 0.6) is 0 Å². The van der Waals surface area contributed by atoms with Gasteiger partial charge in [0.2, 0.25) is 0 Å². The summed E-state index contributed by atoms with van der Waals surface area (Å²) in [5.41, 5.74) is 17.6. The van der Waals surface area contributed by atoms with E-state index in [2.05, 4.69) is 146 Å². The highest BCUT2D eigenvalue weighted by atomic mass is 35.5. The van der Waals surface area contributed by atoms with Crippen molar-refractivity contribution in [3.63, 3.8) is 0 Å². The maximum absolute atomic E-state index is 6.31. The lowest BCUT2D eigenvalue weighted by atomic mass is 9.70. The first-order valence-electron chi connectivity index (χ1n) is 15.1. The van der Waals surface area contributed by atoms with Crippen LogP contribution in [0, 0.1) is 0 Å². The predicted molar refractivity (Wildman–Crippen MR) is 184 cm³/mol. The number of hydrogen-bond acceptors (Lipinski definition) is 0. The molecule has 44 heavy (non-hydrogen) atoms. The minimum Gasteiger partial charge on any atom is -0.0843 e. The van der Waals surface area contributed by atoms with Gasteiger partial charge in [-0.25, -0.2) is 0 Å². The minimum atomic E-state index is -0.335. The van der Waals surface area contributed by atoms with Gasteiger partial charge < -0.3 is 0 Å². The Balaban J connectivity index is 1.22. The van der Waals surface area contributed by atoms with Gasteiger partial charge in [0.25, 0.3) is 0 Å². The molecule has 0 aromatic heterocycles. The molecule has 2 aliphatic carbocycles. The Morgan fingerprint density at radius 1 is 0.295 bits per heavy atom. The van der Waals surface area contributed by atoms with Gasteiger partial charge in [0.15, 0.2) is 0 Å². The first-order valence-corrected chi connectivity index (χ1v) is 15.5. The zero-order chi connectivity index (χ0) is 29.3. The molecule has 0 saturated carbocycles. The van der Waals surface area contributed by atoms with Gasteiger partial charge in [-0.05, 0) is 108 Å². The van der Waals surface area contributed by atoms with E-state index in [1.165, 1.54) is 66.8 Å². The highest BCUT2D eigenvalue weighted by Gasteiger charge is 2.51. The Labute approximate surface area is 262 Å². The van der Waals surface area contributed by atoms with Crippen LogP contribution >= 0.6 is 11.6 Å². The SMILES string of the molecule is Clc1cccc(-c2cccc(-c3cccc(-c4ccc5c(c4)C4(c6ccccc6-c6ccccc64)c4ccccc4-5)c3)c2)c1. The first kappa shape index (κ1) is 25.3. The van der Waals surface area contributed by atoms with E-state index in [1.54, 1.807) is 0 Å². The van der Waals surface area contributed by atoms with Crippen molar-refractivity contribution >= 4 is 11.6 Å². The maximum atomic E-state index is 6.31. The van der Waals surface area contributed by atoms with Crippen LogP contribution in [-0.2, 0) is 5.41 Å². The summed E-state index contributed by atoms with van der Waals surface area (Å²) in [7, 11) is 0. The van der Waals surface area contributed by atoms with Gasteiger partial charge in [-0.3, -0.25) is 0 Å². The number of rotatable bonds is 3. The Morgan fingerprint density at radius 3 is 1.16 bits per heavy atom. The second kappa shape index (κ2) is 9.67. The third-order valence-electron chi connectivity index (χ3n) is 9.55. The van der Waals surface area contributed by atoms with Crippen molar-refractivity contribution in [1.82, 2.24) is 0 Å². The van der Waals surface area contributed by atoms with Gasteiger partial charge in [-0.2, -0.15) is 0 Å². The Kier molecular flexibility index (Phi) is 5.57. The van der Waals surface area contributed by atoms with Crippen molar-refractivity contribution in [2.24, 2.45) is 0 Å². The summed E-state index contributed by atoms with van der Waals surface area (Å²) in [6.07, 6.45) is 0. The molecular formula is C43H27Cl. The largest absolute Gasteiger partial charge is 0.0843 e. The molecule has 7 aromatic carbocycles. The lowest BCUT2D eigenvalue weighted by Crippen LogP contribution is -2.25. The smallest absolute Gasteiger partial charge is 0.0725 e. The molecule has 206 valence electrons. The molecule has 0 N–H and O–H groups in total. The van der Waals surface area contributed by atoms with Gasteiger partial charge in [-0.15, -0.1) is 0 Å². The van der Waals surface area contributed by atoms with Crippen LogP contribution in [0.3, 0.4) is 0 Å². The lowest BCUT2D eigenvalue weighted by Gasteiger charge is -2.30. The van der Waals surface area contributed by atoms with E-state index >= 15 is 0 Å². The number of hydrogen-bond donors (Lipinski definition) is 0. The number of benzene rings is 7. The van der Waals surface area contributed by atoms with E-state index in [9.17, 15) is 0 Å². The molecule has 2 aliphatic rings. The van der Waals surface area contributed by atoms with E-state index in [4.69, 9.17) is 11.6 Å². The van der Waals surface area contributed by atoms with Crippen molar-refractivity contribution in [3.8, 4) is 55.6 Å². The normalized spacial score (nSPS) is 13.3. The van der Waals surface area contributed by atoms with Crippen LogP contribution in [0.1, 0.15) is 22.3 Å². The van der Waals surface area contributed by atoms with Crippen LogP contribution < -0.4 is 0 Å². The highest BCUT2D eigenvalue weighted by Crippen LogP contribution is 2.63. The van der Waals surface area contributed by atoms with Gasteiger partial charge in [0.1, 0.15) is 0 Å². The quantitative estimate of drug-likeness (QED) is 0.195. The summed E-state index contributed by atoms with van der Waals surface area (Å²) in [6.45, 7) is 0. The van der Waals surface area contributed by atoms with Crippen LogP contribution in [0.2, 0.25) is 5.02 Å². The van der Waals surface area contributed by atoms with Crippen LogP contribution in [0.25, 0.3) is 55.6 Å². The van der Waals surface area contributed by atoms with Gasteiger partial charge in [0.05, 0.1) is 5.41 Å². The van der Waals surface area contributed by atoms with Crippen molar-refractivity contribution in [2.45, 2.75) is 5.41 Å². The third-order valence-corrected chi connectivity index (χ3v) is 9.78. The van der Waals surface area contributed by atoms with Crippen molar-refractivity contribution in [2.75, 3.05) is 0 Å². The van der Waals surface area contributed by atoms with E-state index in [0.717, 1.165) is 16.1 Å². The van der Waals surface area contributed by atoms with Crippen LogP contribution in [0.15, 0.2) is 164 Å². The second-order valence-electron chi connectivity index (χ2n) is 11.8. The summed E-state index contributed by atoms with van der Waals surface area (Å²) >= 11 is 6.31. The van der Waals surface area contributed by atoms with E-state index in [1.807, 2.05) is 18.2 Å². The van der Waals surface area contributed by atoms with E-state index < -0.39 is 0 Å². The Morgan fingerprint density at radius 2 is 0.682 bits per heavy atom. The van der Waals surface area contributed by atoms with Crippen molar-refractivity contribution < 1.29 is 0 Å². The maximum Gasteiger partial charge on any atom is 0.0725 e. The molecule has 9 rings (SSSR count). The monoisotopic (exact) mass is 578 g/mol. The molecule has 0 aliphatic heterocycles. The topological polar surface area (TPSA) is 0 Å². The Hall–Kier alpha value is -5.17. The van der Waals surface area contributed by atoms with Crippen LogP contribution in [-0.4, -0.2) is 0 Å². The third kappa shape index (κ3) is 3.59. The van der Waals surface area contributed by atoms with Gasteiger partial charge >= 0.3 is 0 Å². The average Bonchev–Trinajstić information content (AvgIpc) is 3.56. The molecule has 0 saturated heterocycles.